The Hall–Kier alpha value is -1.42. The maximum Gasteiger partial charge on any atom is 0.224 e. The Kier molecular flexibility index (Phi) is 4.23. The lowest BCUT2D eigenvalue weighted by atomic mass is 9.92. The second-order valence-corrected chi connectivity index (χ2v) is 4.87. The standard InChI is InChI=1S/C13H19FN2O/c1-9(10-6-4-5-7-11(10)14)16-8-13(2,3)12(15)17/h4-7,9,16H,8H2,1-3H3,(H2,15,17). The van der Waals surface area contributed by atoms with E-state index in [0.29, 0.717) is 12.1 Å². The van der Waals surface area contributed by atoms with E-state index in [2.05, 4.69) is 5.32 Å². The number of amides is 1. The van der Waals surface area contributed by atoms with Crippen molar-refractivity contribution in [3.8, 4) is 0 Å². The summed E-state index contributed by atoms with van der Waals surface area (Å²) in [6, 6.07) is 6.43. The van der Waals surface area contributed by atoms with E-state index in [-0.39, 0.29) is 17.8 Å². The van der Waals surface area contributed by atoms with Crippen molar-refractivity contribution in [3.05, 3.63) is 35.6 Å². The zero-order valence-corrected chi connectivity index (χ0v) is 10.5. The predicted molar refractivity (Wildman–Crippen MR) is 65.8 cm³/mol. The Bertz CT molecular complexity index is 404. The van der Waals surface area contributed by atoms with E-state index in [4.69, 9.17) is 5.73 Å². The van der Waals surface area contributed by atoms with Crippen LogP contribution in [0, 0.1) is 11.2 Å². The zero-order chi connectivity index (χ0) is 13.1. The van der Waals surface area contributed by atoms with Crippen LogP contribution in [0.2, 0.25) is 0 Å². The molecule has 1 aromatic carbocycles. The molecule has 0 aliphatic heterocycles. The highest BCUT2D eigenvalue weighted by Crippen LogP contribution is 2.19. The Morgan fingerprint density at radius 2 is 2.06 bits per heavy atom. The van der Waals surface area contributed by atoms with Crippen molar-refractivity contribution >= 4 is 5.91 Å². The molecule has 1 aromatic rings. The number of carbonyl (C=O) groups excluding carboxylic acids is 1. The van der Waals surface area contributed by atoms with Gasteiger partial charge in [0.05, 0.1) is 5.41 Å². The molecule has 3 nitrogen and oxygen atoms in total. The third kappa shape index (κ3) is 3.53. The van der Waals surface area contributed by atoms with Gasteiger partial charge in [0.2, 0.25) is 5.91 Å². The topological polar surface area (TPSA) is 55.1 Å². The molecule has 0 saturated carbocycles. The molecule has 94 valence electrons. The minimum atomic E-state index is -0.639. The van der Waals surface area contributed by atoms with E-state index >= 15 is 0 Å². The van der Waals surface area contributed by atoms with Crippen molar-refractivity contribution in [2.45, 2.75) is 26.8 Å². The summed E-state index contributed by atoms with van der Waals surface area (Å²) >= 11 is 0. The lowest BCUT2D eigenvalue weighted by molar-refractivity contribution is -0.125. The first-order chi connectivity index (χ1) is 7.84. The van der Waals surface area contributed by atoms with Crippen LogP contribution in [0.1, 0.15) is 32.4 Å². The van der Waals surface area contributed by atoms with Crippen molar-refractivity contribution in [1.82, 2.24) is 5.32 Å². The average molecular weight is 238 g/mol. The highest BCUT2D eigenvalue weighted by atomic mass is 19.1. The molecule has 0 bridgehead atoms. The minimum absolute atomic E-state index is 0.158. The van der Waals surface area contributed by atoms with Gasteiger partial charge in [0.15, 0.2) is 0 Å². The van der Waals surface area contributed by atoms with Gasteiger partial charge in [-0.2, -0.15) is 0 Å². The van der Waals surface area contributed by atoms with E-state index in [1.165, 1.54) is 6.07 Å². The van der Waals surface area contributed by atoms with Gasteiger partial charge in [-0.15, -0.1) is 0 Å². The summed E-state index contributed by atoms with van der Waals surface area (Å²) in [6.45, 7) is 5.79. The molecule has 1 rings (SSSR count). The molecule has 1 amide bonds. The van der Waals surface area contributed by atoms with Gasteiger partial charge < -0.3 is 11.1 Å². The molecule has 17 heavy (non-hydrogen) atoms. The van der Waals surface area contributed by atoms with Gasteiger partial charge in [-0.3, -0.25) is 4.79 Å². The smallest absolute Gasteiger partial charge is 0.224 e. The SMILES string of the molecule is CC(NCC(C)(C)C(N)=O)c1ccccc1F. The zero-order valence-electron chi connectivity index (χ0n) is 10.5. The number of hydrogen-bond donors (Lipinski definition) is 2. The molecule has 0 spiro atoms. The molecule has 0 radical (unpaired) electrons. The number of nitrogens with one attached hydrogen (secondary N) is 1. The van der Waals surface area contributed by atoms with E-state index in [0.717, 1.165) is 0 Å². The summed E-state index contributed by atoms with van der Waals surface area (Å²) < 4.78 is 13.5. The highest BCUT2D eigenvalue weighted by Gasteiger charge is 2.25. The van der Waals surface area contributed by atoms with E-state index in [9.17, 15) is 9.18 Å². The van der Waals surface area contributed by atoms with Crippen molar-refractivity contribution in [2.75, 3.05) is 6.54 Å². The summed E-state index contributed by atoms with van der Waals surface area (Å²) in [5.74, 6) is -0.616. The largest absolute Gasteiger partial charge is 0.369 e. The van der Waals surface area contributed by atoms with Gasteiger partial charge in [-0.1, -0.05) is 18.2 Å². The van der Waals surface area contributed by atoms with Crippen LogP contribution in [0.3, 0.4) is 0 Å². The van der Waals surface area contributed by atoms with Crippen molar-refractivity contribution in [2.24, 2.45) is 11.1 Å². The Morgan fingerprint density at radius 1 is 1.47 bits per heavy atom. The molecule has 4 heteroatoms. The fraction of sp³-hybridized carbons (Fsp3) is 0.462. The number of primary amides is 1. The first kappa shape index (κ1) is 13.6. The van der Waals surface area contributed by atoms with Crippen molar-refractivity contribution in [3.63, 3.8) is 0 Å². The second-order valence-electron chi connectivity index (χ2n) is 4.87. The Labute approximate surface area is 101 Å². The normalized spacial score (nSPS) is 13.4. The van der Waals surface area contributed by atoms with Gasteiger partial charge in [0.1, 0.15) is 5.82 Å². The molecular formula is C13H19FN2O. The molecule has 3 N–H and O–H groups in total. The quantitative estimate of drug-likeness (QED) is 0.824. The second kappa shape index (κ2) is 5.27. The molecule has 1 unspecified atom stereocenters. The summed E-state index contributed by atoms with van der Waals surface area (Å²) in [7, 11) is 0. The summed E-state index contributed by atoms with van der Waals surface area (Å²) in [5.41, 5.74) is 5.22. The van der Waals surface area contributed by atoms with Gasteiger partial charge >= 0.3 is 0 Å². The average Bonchev–Trinajstić information content (AvgIpc) is 2.26. The first-order valence-corrected chi connectivity index (χ1v) is 5.62. The lowest BCUT2D eigenvalue weighted by Gasteiger charge is -2.24. The monoisotopic (exact) mass is 238 g/mol. The highest BCUT2D eigenvalue weighted by molar-refractivity contribution is 5.80. The third-order valence-corrected chi connectivity index (χ3v) is 2.89. The molecule has 0 fully saturated rings. The summed E-state index contributed by atoms with van der Waals surface area (Å²) in [6.07, 6.45) is 0. The van der Waals surface area contributed by atoms with E-state index in [1.807, 2.05) is 6.92 Å². The number of hydrogen-bond acceptors (Lipinski definition) is 2. The van der Waals surface area contributed by atoms with E-state index in [1.54, 1.807) is 32.0 Å². The number of benzene rings is 1. The minimum Gasteiger partial charge on any atom is -0.369 e. The molecule has 0 saturated heterocycles. The summed E-state index contributed by atoms with van der Waals surface area (Å²) in [5, 5.41) is 3.12. The van der Waals surface area contributed by atoms with Gasteiger partial charge in [-0.05, 0) is 26.8 Å². The molecule has 1 atom stereocenters. The fourth-order valence-electron chi connectivity index (χ4n) is 1.43. The van der Waals surface area contributed by atoms with Crippen molar-refractivity contribution < 1.29 is 9.18 Å². The van der Waals surface area contributed by atoms with Crippen LogP contribution in [0.15, 0.2) is 24.3 Å². The van der Waals surface area contributed by atoms with E-state index < -0.39 is 5.41 Å². The maximum atomic E-state index is 13.5. The van der Waals surface area contributed by atoms with Crippen LogP contribution in [0.5, 0.6) is 0 Å². The molecule has 0 aliphatic carbocycles. The molecular weight excluding hydrogens is 219 g/mol. The van der Waals surface area contributed by atoms with Crippen LogP contribution < -0.4 is 11.1 Å². The lowest BCUT2D eigenvalue weighted by Crippen LogP contribution is -2.41. The summed E-state index contributed by atoms with van der Waals surface area (Å²) in [4.78, 5) is 11.1. The van der Waals surface area contributed by atoms with Crippen LogP contribution in [-0.4, -0.2) is 12.5 Å². The first-order valence-electron chi connectivity index (χ1n) is 5.62. The van der Waals surface area contributed by atoms with Crippen molar-refractivity contribution in [1.29, 1.82) is 0 Å². The molecule has 0 aromatic heterocycles. The van der Waals surface area contributed by atoms with Gasteiger partial charge in [-0.25, -0.2) is 4.39 Å². The fourth-order valence-corrected chi connectivity index (χ4v) is 1.43. The maximum absolute atomic E-state index is 13.5. The van der Waals surface area contributed by atoms with Gasteiger partial charge in [0, 0.05) is 18.2 Å². The van der Waals surface area contributed by atoms with Crippen LogP contribution in [-0.2, 0) is 4.79 Å². The van der Waals surface area contributed by atoms with Crippen LogP contribution in [0.4, 0.5) is 4.39 Å². The van der Waals surface area contributed by atoms with Crippen LogP contribution >= 0.6 is 0 Å². The predicted octanol–water partition coefficient (Wildman–Crippen LogP) is 1.99. The van der Waals surface area contributed by atoms with Gasteiger partial charge in [0.25, 0.3) is 0 Å². The molecule has 0 heterocycles. The number of carbonyl (C=O) groups is 1. The van der Waals surface area contributed by atoms with Crippen LogP contribution in [0.25, 0.3) is 0 Å². The Balaban J connectivity index is 2.65. The molecule has 0 aliphatic rings. The Morgan fingerprint density at radius 3 is 2.59 bits per heavy atom. The third-order valence-electron chi connectivity index (χ3n) is 2.89. The number of halogens is 1. The number of rotatable bonds is 5. The number of nitrogens with two attached hydrogens (primary N) is 1.